The third-order valence-electron chi connectivity index (χ3n) is 4.47. The number of methoxy groups -OCH3 is 1. The summed E-state index contributed by atoms with van der Waals surface area (Å²) in [6.07, 6.45) is 2.40. The van der Waals surface area contributed by atoms with E-state index in [1.807, 2.05) is 0 Å². The molecule has 0 fully saturated rings. The van der Waals surface area contributed by atoms with Gasteiger partial charge in [-0.25, -0.2) is 13.2 Å². The van der Waals surface area contributed by atoms with Crippen LogP contribution in [0.1, 0.15) is 20.7 Å². The minimum atomic E-state index is -3.70. The molecule has 0 N–H and O–H groups in total. The van der Waals surface area contributed by atoms with Gasteiger partial charge in [-0.2, -0.15) is 4.31 Å². The van der Waals surface area contributed by atoms with Crippen molar-refractivity contribution in [3.05, 3.63) is 70.9 Å². The number of para-hydroxylation sites is 1. The Morgan fingerprint density at radius 2 is 1.76 bits per heavy atom. The molecule has 0 aliphatic rings. The van der Waals surface area contributed by atoms with Crippen LogP contribution < -0.4 is 0 Å². The summed E-state index contributed by atoms with van der Waals surface area (Å²) < 4.78 is 31.7. The molecule has 0 saturated carbocycles. The number of ether oxygens (including phenoxy) is 1. The Morgan fingerprint density at radius 3 is 2.41 bits per heavy atom. The molecule has 0 saturated heterocycles. The quantitative estimate of drug-likeness (QED) is 0.556. The van der Waals surface area contributed by atoms with Crippen molar-refractivity contribution in [1.82, 2.24) is 8.87 Å². The van der Waals surface area contributed by atoms with Crippen molar-refractivity contribution < 1.29 is 22.7 Å². The van der Waals surface area contributed by atoms with Gasteiger partial charge in [0.2, 0.25) is 15.9 Å². The maximum Gasteiger partial charge on any atom is 0.340 e. The fourth-order valence-corrected chi connectivity index (χ4v) is 3.91. The summed E-state index contributed by atoms with van der Waals surface area (Å²) in [5.41, 5.74) is 1.30. The van der Waals surface area contributed by atoms with Crippen molar-refractivity contribution in [3.8, 4) is 0 Å². The Morgan fingerprint density at radius 1 is 1.10 bits per heavy atom. The van der Waals surface area contributed by atoms with Gasteiger partial charge in [0, 0.05) is 23.2 Å². The highest BCUT2D eigenvalue weighted by Crippen LogP contribution is 2.23. The van der Waals surface area contributed by atoms with Gasteiger partial charge < -0.3 is 4.74 Å². The molecule has 0 aliphatic heterocycles. The monoisotopic (exact) mass is 434 g/mol. The number of fused-ring (bicyclic) bond motifs is 1. The molecule has 0 radical (unpaired) electrons. The zero-order valence-corrected chi connectivity index (χ0v) is 17.4. The molecule has 1 aromatic heterocycles. The topological polar surface area (TPSA) is 85.7 Å². The molecule has 152 valence electrons. The van der Waals surface area contributed by atoms with Crippen LogP contribution in [-0.2, 0) is 21.3 Å². The van der Waals surface area contributed by atoms with Crippen LogP contribution in [0.25, 0.3) is 10.9 Å². The number of halogens is 1. The Hall–Kier alpha value is -2.68. The summed E-state index contributed by atoms with van der Waals surface area (Å²) in [6.45, 7) is -0.462. The normalized spacial score (nSPS) is 11.7. The standard InChI is InChI=1S/C20H19ClN2O5S/c1-28-20(25)16-12-23(18-10-6-4-8-15(16)18)19(24)13-22(29(2,26)27)11-14-7-3-5-9-17(14)21/h3-10,12H,11,13H2,1-2H3. The van der Waals surface area contributed by atoms with E-state index >= 15 is 0 Å². The SMILES string of the molecule is COC(=O)c1cn(C(=O)CN(Cc2ccccc2Cl)S(C)(=O)=O)c2ccccc12. The van der Waals surface area contributed by atoms with Crippen molar-refractivity contribution in [2.45, 2.75) is 6.54 Å². The maximum absolute atomic E-state index is 13.0. The Balaban J connectivity index is 1.97. The van der Waals surface area contributed by atoms with E-state index in [4.69, 9.17) is 16.3 Å². The lowest BCUT2D eigenvalue weighted by molar-refractivity contribution is 0.0603. The summed E-state index contributed by atoms with van der Waals surface area (Å²) in [7, 11) is -2.45. The molecular weight excluding hydrogens is 416 g/mol. The van der Waals surface area contributed by atoms with E-state index in [-0.39, 0.29) is 12.1 Å². The molecule has 7 nitrogen and oxygen atoms in total. The van der Waals surface area contributed by atoms with Crippen molar-refractivity contribution in [1.29, 1.82) is 0 Å². The second kappa shape index (κ2) is 8.36. The number of hydrogen-bond acceptors (Lipinski definition) is 5. The third-order valence-corrected chi connectivity index (χ3v) is 6.04. The fraction of sp³-hybridized carbons (Fsp3) is 0.200. The molecule has 3 aromatic rings. The summed E-state index contributed by atoms with van der Waals surface area (Å²) in [4.78, 5) is 25.0. The minimum Gasteiger partial charge on any atom is -0.465 e. The first kappa shape index (κ1) is 21.0. The van der Waals surface area contributed by atoms with Gasteiger partial charge in [-0.1, -0.05) is 48.0 Å². The summed E-state index contributed by atoms with van der Waals surface area (Å²) in [5.74, 6) is -1.09. The first-order valence-corrected chi connectivity index (χ1v) is 10.8. The largest absolute Gasteiger partial charge is 0.465 e. The lowest BCUT2D eigenvalue weighted by atomic mass is 10.2. The van der Waals surface area contributed by atoms with Crippen molar-refractivity contribution >= 4 is 44.4 Å². The van der Waals surface area contributed by atoms with Crippen LogP contribution in [0, 0.1) is 0 Å². The second-order valence-corrected chi connectivity index (χ2v) is 8.83. The molecule has 0 aliphatic carbocycles. The minimum absolute atomic E-state index is 0.0483. The van der Waals surface area contributed by atoms with Crippen molar-refractivity contribution in [2.75, 3.05) is 19.9 Å². The van der Waals surface area contributed by atoms with E-state index in [0.717, 1.165) is 10.6 Å². The molecule has 0 spiro atoms. The number of aromatic nitrogens is 1. The van der Waals surface area contributed by atoms with Crippen LogP contribution in [0.4, 0.5) is 0 Å². The van der Waals surface area contributed by atoms with Gasteiger partial charge in [0.25, 0.3) is 0 Å². The van der Waals surface area contributed by atoms with Gasteiger partial charge in [-0.15, -0.1) is 0 Å². The highest BCUT2D eigenvalue weighted by atomic mass is 35.5. The Labute approximate surface area is 173 Å². The first-order valence-electron chi connectivity index (χ1n) is 8.62. The van der Waals surface area contributed by atoms with Crippen LogP contribution in [0.15, 0.2) is 54.7 Å². The highest BCUT2D eigenvalue weighted by Gasteiger charge is 2.25. The molecule has 0 atom stereocenters. The average molecular weight is 435 g/mol. The summed E-state index contributed by atoms with van der Waals surface area (Å²) >= 11 is 6.14. The molecule has 1 heterocycles. The number of carbonyl (C=O) groups is 2. The molecule has 3 rings (SSSR count). The predicted octanol–water partition coefficient (Wildman–Crippen LogP) is 3.18. The van der Waals surface area contributed by atoms with Gasteiger partial charge >= 0.3 is 5.97 Å². The number of nitrogens with zero attached hydrogens (tertiary/aromatic N) is 2. The fourth-order valence-electron chi connectivity index (χ4n) is 2.99. The molecule has 29 heavy (non-hydrogen) atoms. The molecule has 9 heteroatoms. The smallest absolute Gasteiger partial charge is 0.340 e. The van der Waals surface area contributed by atoms with Gasteiger partial charge in [0.1, 0.15) is 0 Å². The van der Waals surface area contributed by atoms with Crippen LogP contribution in [0.3, 0.4) is 0 Å². The number of rotatable bonds is 6. The van der Waals surface area contributed by atoms with Crippen LogP contribution in [0.2, 0.25) is 5.02 Å². The summed E-state index contributed by atoms with van der Waals surface area (Å²) in [6, 6.07) is 13.7. The lowest BCUT2D eigenvalue weighted by Crippen LogP contribution is -2.36. The molecule has 2 aromatic carbocycles. The lowest BCUT2D eigenvalue weighted by Gasteiger charge is -2.20. The van der Waals surface area contributed by atoms with E-state index < -0.39 is 28.4 Å². The van der Waals surface area contributed by atoms with Crippen LogP contribution in [0.5, 0.6) is 0 Å². The van der Waals surface area contributed by atoms with Crippen LogP contribution >= 0.6 is 11.6 Å². The zero-order chi connectivity index (χ0) is 21.2. The van der Waals surface area contributed by atoms with Gasteiger partial charge in [-0.05, 0) is 17.7 Å². The Kier molecular flexibility index (Phi) is 6.07. The van der Waals surface area contributed by atoms with Gasteiger partial charge in [-0.3, -0.25) is 9.36 Å². The van der Waals surface area contributed by atoms with Gasteiger partial charge in [0.15, 0.2) is 0 Å². The second-order valence-electron chi connectivity index (χ2n) is 6.44. The van der Waals surface area contributed by atoms with E-state index in [2.05, 4.69) is 0 Å². The third kappa shape index (κ3) is 4.50. The van der Waals surface area contributed by atoms with Gasteiger partial charge in [0.05, 0.1) is 31.0 Å². The molecule has 0 unspecified atom stereocenters. The number of benzene rings is 2. The highest BCUT2D eigenvalue weighted by molar-refractivity contribution is 7.88. The van der Waals surface area contributed by atoms with E-state index in [1.54, 1.807) is 48.5 Å². The molecule has 0 amide bonds. The molecular formula is C20H19ClN2O5S. The number of sulfonamides is 1. The number of hydrogen-bond donors (Lipinski definition) is 0. The van der Waals surface area contributed by atoms with E-state index in [1.165, 1.54) is 17.9 Å². The first-order chi connectivity index (χ1) is 13.7. The van der Waals surface area contributed by atoms with E-state index in [0.29, 0.717) is 21.5 Å². The summed E-state index contributed by atoms with van der Waals surface area (Å²) in [5, 5.41) is 0.956. The van der Waals surface area contributed by atoms with Crippen molar-refractivity contribution in [3.63, 3.8) is 0 Å². The predicted molar refractivity (Wildman–Crippen MR) is 111 cm³/mol. The Bertz CT molecular complexity index is 1190. The van der Waals surface area contributed by atoms with Crippen molar-refractivity contribution in [2.24, 2.45) is 0 Å². The molecule has 0 bridgehead atoms. The zero-order valence-electron chi connectivity index (χ0n) is 15.8. The average Bonchev–Trinajstić information content (AvgIpc) is 3.07. The number of carbonyl (C=O) groups excluding carboxylic acids is 2. The number of esters is 1. The maximum atomic E-state index is 13.0. The van der Waals surface area contributed by atoms with E-state index in [9.17, 15) is 18.0 Å². The van der Waals surface area contributed by atoms with Crippen LogP contribution in [-0.4, -0.2) is 49.1 Å².